The number of nitrogens with zero attached hydrogens (tertiary/aromatic N) is 2. The number of halogens is 1. The van der Waals surface area contributed by atoms with Gasteiger partial charge in [0, 0.05) is 43.2 Å². The van der Waals surface area contributed by atoms with E-state index in [1.54, 1.807) is 0 Å². The van der Waals surface area contributed by atoms with E-state index in [1.807, 2.05) is 23.1 Å². The molecule has 2 aliphatic rings. The van der Waals surface area contributed by atoms with Gasteiger partial charge in [-0.05, 0) is 42.3 Å². The second kappa shape index (κ2) is 8.01. The summed E-state index contributed by atoms with van der Waals surface area (Å²) < 4.78 is 0. The van der Waals surface area contributed by atoms with Crippen LogP contribution in [-0.2, 0) is 4.79 Å². The third-order valence-electron chi connectivity index (χ3n) is 5.66. The van der Waals surface area contributed by atoms with Crippen LogP contribution in [0.5, 0.6) is 0 Å². The van der Waals surface area contributed by atoms with Crippen LogP contribution in [0.15, 0.2) is 48.5 Å². The number of nitrogens with one attached hydrogen (secondary N) is 1. The molecule has 5 heteroatoms. The third kappa shape index (κ3) is 4.52. The number of likely N-dealkylation sites (N-methyl/N-ethyl adjacent to an activating group) is 1. The van der Waals surface area contributed by atoms with Gasteiger partial charge in [0.05, 0.1) is 6.54 Å². The predicted octanol–water partition coefficient (Wildman–Crippen LogP) is 3.23. The molecule has 4 rings (SSSR count). The summed E-state index contributed by atoms with van der Waals surface area (Å²) in [5, 5.41) is 4.20. The lowest BCUT2D eigenvalue weighted by Gasteiger charge is -2.32. The summed E-state index contributed by atoms with van der Waals surface area (Å²) >= 11 is 6.09. The van der Waals surface area contributed by atoms with Crippen LogP contribution >= 0.6 is 11.6 Å². The zero-order valence-electron chi connectivity index (χ0n) is 15.7. The summed E-state index contributed by atoms with van der Waals surface area (Å²) in [6.45, 7) is 4.07. The minimum absolute atomic E-state index is 0.227. The van der Waals surface area contributed by atoms with E-state index in [-0.39, 0.29) is 5.91 Å². The van der Waals surface area contributed by atoms with Crippen molar-refractivity contribution in [2.24, 2.45) is 0 Å². The smallest absolute Gasteiger partial charge is 0.236 e. The quantitative estimate of drug-likeness (QED) is 0.861. The molecule has 0 bridgehead atoms. The standard InChI is InChI=1S/C22H26ClN3O/c1-25-9-11-26(12-10-25)22(27)15-24-21-14-20(21)17-7-5-16(6-8-17)18-3-2-4-19(23)13-18/h2-8,13,20-21,24H,9-12,14-15H2,1H3/t20-,21+/m1/s1. The first-order chi connectivity index (χ1) is 13.1. The Morgan fingerprint density at radius 3 is 2.52 bits per heavy atom. The Labute approximate surface area is 166 Å². The maximum Gasteiger partial charge on any atom is 0.236 e. The Balaban J connectivity index is 1.28. The van der Waals surface area contributed by atoms with Crippen LogP contribution < -0.4 is 5.32 Å². The molecule has 4 nitrogen and oxygen atoms in total. The number of hydrogen-bond donors (Lipinski definition) is 1. The number of amides is 1. The molecular weight excluding hydrogens is 358 g/mol. The maximum atomic E-state index is 12.3. The molecule has 0 unspecified atom stereocenters. The van der Waals surface area contributed by atoms with Crippen molar-refractivity contribution in [1.82, 2.24) is 15.1 Å². The molecule has 0 spiro atoms. The molecule has 0 aromatic heterocycles. The van der Waals surface area contributed by atoms with Crippen molar-refractivity contribution in [2.45, 2.75) is 18.4 Å². The van der Waals surface area contributed by atoms with Gasteiger partial charge >= 0.3 is 0 Å². The first-order valence-corrected chi connectivity index (χ1v) is 10.0. The Bertz CT molecular complexity index is 799. The van der Waals surface area contributed by atoms with E-state index < -0.39 is 0 Å². The average Bonchev–Trinajstić information content (AvgIpc) is 3.46. The van der Waals surface area contributed by atoms with Gasteiger partial charge in [0.1, 0.15) is 0 Å². The van der Waals surface area contributed by atoms with Gasteiger partial charge in [0.25, 0.3) is 0 Å². The molecule has 1 amide bonds. The van der Waals surface area contributed by atoms with Crippen LogP contribution in [0, 0.1) is 0 Å². The summed E-state index contributed by atoms with van der Waals surface area (Å²) in [7, 11) is 2.10. The molecule has 2 fully saturated rings. The third-order valence-corrected chi connectivity index (χ3v) is 5.89. The molecule has 1 aliphatic heterocycles. The van der Waals surface area contributed by atoms with Crippen molar-refractivity contribution in [3.63, 3.8) is 0 Å². The van der Waals surface area contributed by atoms with Crippen LogP contribution in [0.1, 0.15) is 17.9 Å². The second-order valence-electron chi connectivity index (χ2n) is 7.65. The van der Waals surface area contributed by atoms with E-state index in [1.165, 1.54) is 11.1 Å². The number of carbonyl (C=O) groups excluding carboxylic acids is 1. The fraction of sp³-hybridized carbons (Fsp3) is 0.409. The number of rotatable bonds is 5. The molecule has 1 heterocycles. The molecule has 2 aromatic rings. The van der Waals surface area contributed by atoms with Gasteiger partial charge in [-0.25, -0.2) is 0 Å². The highest BCUT2D eigenvalue weighted by atomic mass is 35.5. The molecule has 1 aliphatic carbocycles. The highest BCUT2D eigenvalue weighted by molar-refractivity contribution is 6.30. The van der Waals surface area contributed by atoms with Crippen LogP contribution in [0.25, 0.3) is 11.1 Å². The normalized spacial score (nSPS) is 22.7. The zero-order valence-corrected chi connectivity index (χ0v) is 16.5. The SMILES string of the molecule is CN1CCN(C(=O)CN[C@H]2C[C@@H]2c2ccc(-c3cccc(Cl)c3)cc2)CC1. The topological polar surface area (TPSA) is 35.6 Å². The van der Waals surface area contributed by atoms with Gasteiger partial charge in [-0.3, -0.25) is 4.79 Å². The fourth-order valence-electron chi connectivity index (χ4n) is 3.77. The van der Waals surface area contributed by atoms with Crippen molar-refractivity contribution >= 4 is 17.5 Å². The van der Waals surface area contributed by atoms with Gasteiger partial charge in [0.2, 0.25) is 5.91 Å². The summed E-state index contributed by atoms with van der Waals surface area (Å²) in [5.74, 6) is 0.740. The molecule has 2 aromatic carbocycles. The van der Waals surface area contributed by atoms with Crippen LogP contribution in [-0.4, -0.2) is 61.5 Å². The zero-order chi connectivity index (χ0) is 18.8. The van der Waals surface area contributed by atoms with Gasteiger partial charge < -0.3 is 15.1 Å². The number of carbonyl (C=O) groups is 1. The summed E-state index contributed by atoms with van der Waals surface area (Å²) in [5.41, 5.74) is 3.65. The number of hydrogen-bond acceptors (Lipinski definition) is 3. The summed E-state index contributed by atoms with van der Waals surface area (Å²) in [4.78, 5) is 16.6. The van der Waals surface area contributed by atoms with Crippen molar-refractivity contribution in [1.29, 1.82) is 0 Å². The Hall–Kier alpha value is -1.88. The lowest BCUT2D eigenvalue weighted by Crippen LogP contribution is -2.49. The van der Waals surface area contributed by atoms with Crippen LogP contribution in [0.2, 0.25) is 5.02 Å². The highest BCUT2D eigenvalue weighted by Gasteiger charge is 2.38. The molecule has 1 saturated carbocycles. The first-order valence-electron chi connectivity index (χ1n) is 9.66. The van der Waals surface area contributed by atoms with Gasteiger partial charge in [-0.15, -0.1) is 0 Å². The highest BCUT2D eigenvalue weighted by Crippen LogP contribution is 2.41. The summed E-state index contributed by atoms with van der Waals surface area (Å²) in [6, 6.07) is 17.1. The van der Waals surface area contributed by atoms with Gasteiger partial charge in [-0.1, -0.05) is 48.0 Å². The van der Waals surface area contributed by atoms with E-state index in [2.05, 4.69) is 47.6 Å². The van der Waals surface area contributed by atoms with E-state index in [9.17, 15) is 4.79 Å². The lowest BCUT2D eigenvalue weighted by atomic mass is 10.0. The Morgan fingerprint density at radius 1 is 1.07 bits per heavy atom. The molecule has 27 heavy (non-hydrogen) atoms. The molecule has 2 atom stereocenters. The first kappa shape index (κ1) is 18.5. The molecule has 0 radical (unpaired) electrons. The van der Waals surface area contributed by atoms with Crippen LogP contribution in [0.3, 0.4) is 0 Å². The molecule has 142 valence electrons. The Kier molecular flexibility index (Phi) is 5.48. The monoisotopic (exact) mass is 383 g/mol. The van der Waals surface area contributed by atoms with E-state index in [4.69, 9.17) is 11.6 Å². The maximum absolute atomic E-state index is 12.3. The average molecular weight is 384 g/mol. The van der Waals surface area contributed by atoms with Crippen LogP contribution in [0.4, 0.5) is 0 Å². The van der Waals surface area contributed by atoms with E-state index >= 15 is 0 Å². The minimum Gasteiger partial charge on any atom is -0.339 e. The van der Waals surface area contributed by atoms with Gasteiger partial charge in [-0.2, -0.15) is 0 Å². The van der Waals surface area contributed by atoms with Crippen molar-refractivity contribution in [3.05, 3.63) is 59.1 Å². The largest absolute Gasteiger partial charge is 0.339 e. The van der Waals surface area contributed by atoms with E-state index in [0.29, 0.717) is 18.5 Å². The van der Waals surface area contributed by atoms with Gasteiger partial charge in [0.15, 0.2) is 0 Å². The summed E-state index contributed by atoms with van der Waals surface area (Å²) in [6.07, 6.45) is 1.10. The molecule has 1 N–H and O–H groups in total. The van der Waals surface area contributed by atoms with Crippen molar-refractivity contribution in [3.8, 4) is 11.1 Å². The number of piperazine rings is 1. The minimum atomic E-state index is 0.227. The van der Waals surface area contributed by atoms with Crippen molar-refractivity contribution in [2.75, 3.05) is 39.8 Å². The Morgan fingerprint density at radius 2 is 1.81 bits per heavy atom. The second-order valence-corrected chi connectivity index (χ2v) is 8.08. The molecule has 1 saturated heterocycles. The predicted molar refractivity (Wildman–Crippen MR) is 110 cm³/mol. The molecular formula is C22H26ClN3O. The number of benzene rings is 2. The fourth-order valence-corrected chi connectivity index (χ4v) is 3.96. The van der Waals surface area contributed by atoms with Crippen molar-refractivity contribution < 1.29 is 4.79 Å². The van der Waals surface area contributed by atoms with E-state index in [0.717, 1.165) is 43.2 Å². The lowest BCUT2D eigenvalue weighted by molar-refractivity contribution is -0.131.